The highest BCUT2D eigenvalue weighted by Crippen LogP contribution is 2.29. The molecule has 3 nitrogen and oxygen atoms in total. The highest BCUT2D eigenvalue weighted by atomic mass is 16.6. The monoisotopic (exact) mass is 274 g/mol. The van der Waals surface area contributed by atoms with Gasteiger partial charge in [-0.15, -0.1) is 0 Å². The van der Waals surface area contributed by atoms with E-state index in [4.69, 9.17) is 4.74 Å². The van der Waals surface area contributed by atoms with Crippen molar-refractivity contribution in [2.45, 2.75) is 46.1 Å². The molecule has 1 atom stereocenters. The van der Waals surface area contributed by atoms with Gasteiger partial charge in [0.05, 0.1) is 0 Å². The number of ketones is 1. The lowest BCUT2D eigenvalue weighted by atomic mass is 9.91. The number of carbonyl (C=O) groups is 2. The molecule has 0 saturated carbocycles. The molecular formula is C17H22O3. The van der Waals surface area contributed by atoms with Gasteiger partial charge in [-0.3, -0.25) is 9.59 Å². The Balaban J connectivity index is 2.01. The first-order valence-corrected chi connectivity index (χ1v) is 7.11. The van der Waals surface area contributed by atoms with Gasteiger partial charge in [-0.2, -0.15) is 0 Å². The minimum atomic E-state index is -0.687. The Hall–Kier alpha value is -1.64. The Labute approximate surface area is 120 Å². The summed E-state index contributed by atoms with van der Waals surface area (Å²) in [6, 6.07) is 8.09. The molecule has 0 fully saturated rings. The molecule has 3 heteroatoms. The largest absolute Gasteiger partial charge is 0.459 e. The van der Waals surface area contributed by atoms with Crippen molar-refractivity contribution in [3.63, 3.8) is 0 Å². The lowest BCUT2D eigenvalue weighted by Gasteiger charge is -2.22. The zero-order valence-corrected chi connectivity index (χ0v) is 12.6. The predicted molar refractivity (Wildman–Crippen MR) is 77.4 cm³/mol. The van der Waals surface area contributed by atoms with Crippen molar-refractivity contribution in [3.05, 3.63) is 35.4 Å². The Kier molecular flexibility index (Phi) is 3.98. The summed E-state index contributed by atoms with van der Waals surface area (Å²) >= 11 is 0. The van der Waals surface area contributed by atoms with Crippen LogP contribution in [0.2, 0.25) is 0 Å². The van der Waals surface area contributed by atoms with Crippen molar-refractivity contribution in [3.8, 4) is 0 Å². The molecule has 1 aromatic carbocycles. The molecule has 0 heterocycles. The van der Waals surface area contributed by atoms with Crippen LogP contribution in [0.15, 0.2) is 24.3 Å². The quantitative estimate of drug-likeness (QED) is 0.628. The number of rotatable bonds is 3. The van der Waals surface area contributed by atoms with Crippen LogP contribution < -0.4 is 0 Å². The van der Waals surface area contributed by atoms with Gasteiger partial charge in [-0.05, 0) is 51.7 Å². The highest BCUT2D eigenvalue weighted by Gasteiger charge is 2.34. The molecule has 0 aromatic heterocycles. The number of hydrogen-bond acceptors (Lipinski definition) is 3. The lowest BCUT2D eigenvalue weighted by molar-refractivity contribution is -0.162. The van der Waals surface area contributed by atoms with Crippen LogP contribution in [0, 0.1) is 11.8 Å². The molecule has 0 spiro atoms. The van der Waals surface area contributed by atoms with Crippen molar-refractivity contribution in [2.24, 2.45) is 11.8 Å². The van der Waals surface area contributed by atoms with E-state index in [0.717, 1.165) is 12.8 Å². The third-order valence-corrected chi connectivity index (χ3v) is 3.64. The lowest BCUT2D eigenvalue weighted by Crippen LogP contribution is -2.34. The molecular weight excluding hydrogens is 252 g/mol. The number of fused-ring (bicyclic) bond motifs is 1. The molecule has 1 aliphatic rings. The maximum Gasteiger partial charge on any atom is 0.316 e. The minimum Gasteiger partial charge on any atom is -0.459 e. The fourth-order valence-electron chi connectivity index (χ4n) is 2.62. The fraction of sp³-hybridized carbons (Fsp3) is 0.529. The topological polar surface area (TPSA) is 43.4 Å². The van der Waals surface area contributed by atoms with Gasteiger partial charge < -0.3 is 4.74 Å². The second kappa shape index (κ2) is 5.39. The molecule has 20 heavy (non-hydrogen) atoms. The van der Waals surface area contributed by atoms with E-state index < -0.39 is 17.5 Å². The van der Waals surface area contributed by atoms with Crippen LogP contribution in [0.5, 0.6) is 0 Å². The molecule has 1 unspecified atom stereocenters. The Morgan fingerprint density at radius 2 is 1.65 bits per heavy atom. The van der Waals surface area contributed by atoms with Crippen molar-refractivity contribution in [2.75, 3.05) is 0 Å². The summed E-state index contributed by atoms with van der Waals surface area (Å²) in [5.41, 5.74) is 1.90. The first kappa shape index (κ1) is 14.8. The van der Waals surface area contributed by atoms with Crippen LogP contribution in [0.3, 0.4) is 0 Å². The summed E-state index contributed by atoms with van der Waals surface area (Å²) in [7, 11) is 0. The van der Waals surface area contributed by atoms with Crippen LogP contribution in [-0.2, 0) is 27.2 Å². The summed E-state index contributed by atoms with van der Waals surface area (Å²) in [6.45, 7) is 7.09. The number of Topliss-reactive ketones (excluding diaryl/α,β-unsaturated/α-hetero) is 1. The van der Waals surface area contributed by atoms with E-state index in [-0.39, 0.29) is 11.7 Å². The van der Waals surface area contributed by atoms with Crippen molar-refractivity contribution in [1.82, 2.24) is 0 Å². The molecule has 108 valence electrons. The van der Waals surface area contributed by atoms with Crippen LogP contribution in [0.1, 0.15) is 38.8 Å². The van der Waals surface area contributed by atoms with E-state index in [1.165, 1.54) is 11.1 Å². The van der Waals surface area contributed by atoms with Crippen LogP contribution >= 0.6 is 0 Å². The molecule has 1 aliphatic carbocycles. The van der Waals surface area contributed by atoms with E-state index >= 15 is 0 Å². The number of ether oxygens (including phenoxy) is 1. The third kappa shape index (κ3) is 3.27. The van der Waals surface area contributed by atoms with Gasteiger partial charge >= 0.3 is 5.97 Å². The SMILES string of the molecule is CC(C(=O)OC(C)(C)C)C(=O)C1Cc2ccccc2C1. The Morgan fingerprint density at radius 3 is 2.10 bits per heavy atom. The average Bonchev–Trinajstić information content (AvgIpc) is 2.78. The first-order chi connectivity index (χ1) is 9.28. The van der Waals surface area contributed by atoms with Gasteiger partial charge in [0.2, 0.25) is 0 Å². The molecule has 0 bridgehead atoms. The normalized spacial score (nSPS) is 16.6. The number of hydrogen-bond donors (Lipinski definition) is 0. The predicted octanol–water partition coefficient (Wildman–Crippen LogP) is 2.95. The maximum atomic E-state index is 12.4. The van der Waals surface area contributed by atoms with E-state index in [1.807, 2.05) is 32.9 Å². The van der Waals surface area contributed by atoms with Crippen molar-refractivity contribution in [1.29, 1.82) is 0 Å². The second-order valence-corrected chi connectivity index (χ2v) is 6.53. The van der Waals surface area contributed by atoms with Gasteiger partial charge in [0, 0.05) is 5.92 Å². The van der Waals surface area contributed by atoms with Gasteiger partial charge in [-0.25, -0.2) is 0 Å². The van der Waals surface area contributed by atoms with E-state index in [9.17, 15) is 9.59 Å². The summed E-state index contributed by atoms with van der Waals surface area (Å²) < 4.78 is 5.30. The minimum absolute atomic E-state index is 0.00421. The van der Waals surface area contributed by atoms with Crippen LogP contribution in [0.4, 0.5) is 0 Å². The summed E-state index contributed by atoms with van der Waals surface area (Å²) in [5, 5.41) is 0. The van der Waals surface area contributed by atoms with Crippen molar-refractivity contribution < 1.29 is 14.3 Å². The Bertz CT molecular complexity index is 500. The molecule has 0 amide bonds. The van der Waals surface area contributed by atoms with Gasteiger partial charge in [0.25, 0.3) is 0 Å². The first-order valence-electron chi connectivity index (χ1n) is 7.11. The average molecular weight is 274 g/mol. The van der Waals surface area contributed by atoms with Gasteiger partial charge in [-0.1, -0.05) is 24.3 Å². The smallest absolute Gasteiger partial charge is 0.316 e. The molecule has 0 N–H and O–H groups in total. The molecule has 0 aliphatic heterocycles. The molecule has 1 aromatic rings. The summed E-state index contributed by atoms with van der Waals surface area (Å²) in [6.07, 6.45) is 1.48. The van der Waals surface area contributed by atoms with E-state index in [1.54, 1.807) is 6.92 Å². The van der Waals surface area contributed by atoms with Crippen LogP contribution in [-0.4, -0.2) is 17.4 Å². The third-order valence-electron chi connectivity index (χ3n) is 3.64. The van der Waals surface area contributed by atoms with E-state index in [2.05, 4.69) is 12.1 Å². The number of carbonyl (C=O) groups excluding carboxylic acids is 2. The molecule has 0 saturated heterocycles. The standard InChI is InChI=1S/C17H22O3/c1-11(16(19)20-17(2,3)4)15(18)14-9-12-7-5-6-8-13(12)10-14/h5-8,11,14H,9-10H2,1-4H3. The van der Waals surface area contributed by atoms with Gasteiger partial charge in [0.15, 0.2) is 5.78 Å². The van der Waals surface area contributed by atoms with Gasteiger partial charge in [0.1, 0.15) is 11.5 Å². The van der Waals surface area contributed by atoms with E-state index in [0.29, 0.717) is 0 Å². The molecule has 2 rings (SSSR count). The van der Waals surface area contributed by atoms with Crippen molar-refractivity contribution >= 4 is 11.8 Å². The summed E-state index contributed by atoms with van der Waals surface area (Å²) in [4.78, 5) is 24.4. The summed E-state index contributed by atoms with van der Waals surface area (Å²) in [5.74, 6) is -1.20. The fourth-order valence-corrected chi connectivity index (χ4v) is 2.62. The number of esters is 1. The Morgan fingerprint density at radius 1 is 1.15 bits per heavy atom. The zero-order chi connectivity index (χ0) is 14.9. The maximum absolute atomic E-state index is 12.4. The highest BCUT2D eigenvalue weighted by molar-refractivity contribution is 6.00. The zero-order valence-electron chi connectivity index (χ0n) is 12.6. The van der Waals surface area contributed by atoms with Crippen LogP contribution in [0.25, 0.3) is 0 Å². The molecule has 0 radical (unpaired) electrons. The second-order valence-electron chi connectivity index (χ2n) is 6.53. The number of benzene rings is 1.